The highest BCUT2D eigenvalue weighted by atomic mass is 16.5. The number of hydrogen-bond donors (Lipinski definition) is 1. The number of carbonyl (C=O) groups is 1. The Morgan fingerprint density at radius 2 is 1.83 bits per heavy atom. The van der Waals surface area contributed by atoms with Crippen molar-refractivity contribution in [1.82, 2.24) is 4.90 Å². The summed E-state index contributed by atoms with van der Waals surface area (Å²) in [6.07, 6.45) is 10.2. The number of rotatable bonds is 14. The quantitative estimate of drug-likeness (QED) is 0.218. The fraction of sp³-hybridized carbons (Fsp3) is 0.679. The van der Waals surface area contributed by atoms with E-state index in [1.807, 2.05) is 12.1 Å². The molecule has 2 aliphatic rings. The Morgan fingerprint density at radius 1 is 1.06 bits per heavy atom. The zero-order valence-electron chi connectivity index (χ0n) is 21.5. The Labute approximate surface area is 210 Å². The molecule has 1 saturated heterocycles. The SMILES string of the molecule is C=C(O)CCCCCC(=O)O[C@@H]1CCN([C@@H]2CCCC[C@H]2OCCc2ccc(OC)c(OC)c2)C1. The van der Waals surface area contributed by atoms with Crippen LogP contribution in [0.2, 0.25) is 0 Å². The number of allylic oxidation sites excluding steroid dienone is 1. The lowest BCUT2D eigenvalue weighted by atomic mass is 9.91. The largest absolute Gasteiger partial charge is 0.513 e. The van der Waals surface area contributed by atoms with Gasteiger partial charge in [0.2, 0.25) is 0 Å². The van der Waals surface area contributed by atoms with E-state index in [1.54, 1.807) is 14.2 Å². The molecule has 1 saturated carbocycles. The molecule has 0 bridgehead atoms. The number of esters is 1. The molecule has 1 N–H and O–H groups in total. The van der Waals surface area contributed by atoms with Crippen molar-refractivity contribution in [2.75, 3.05) is 33.9 Å². The number of nitrogens with zero attached hydrogens (tertiary/aromatic N) is 1. The predicted molar refractivity (Wildman–Crippen MR) is 136 cm³/mol. The van der Waals surface area contributed by atoms with Crippen LogP contribution in [-0.2, 0) is 20.7 Å². The lowest BCUT2D eigenvalue weighted by molar-refractivity contribution is -0.148. The van der Waals surface area contributed by atoms with Crippen molar-refractivity contribution >= 4 is 5.97 Å². The van der Waals surface area contributed by atoms with Gasteiger partial charge in [-0.3, -0.25) is 9.69 Å². The van der Waals surface area contributed by atoms with Gasteiger partial charge < -0.3 is 24.1 Å². The van der Waals surface area contributed by atoms with E-state index in [4.69, 9.17) is 24.1 Å². The summed E-state index contributed by atoms with van der Waals surface area (Å²) in [7, 11) is 3.30. The Hall–Kier alpha value is -2.25. The van der Waals surface area contributed by atoms with E-state index >= 15 is 0 Å². The van der Waals surface area contributed by atoms with Crippen LogP contribution in [0.15, 0.2) is 30.5 Å². The van der Waals surface area contributed by atoms with Crippen LogP contribution in [0.25, 0.3) is 0 Å². The number of benzene rings is 1. The Morgan fingerprint density at radius 3 is 2.60 bits per heavy atom. The summed E-state index contributed by atoms with van der Waals surface area (Å²) in [6, 6.07) is 6.41. The zero-order valence-corrected chi connectivity index (χ0v) is 21.5. The van der Waals surface area contributed by atoms with Crippen molar-refractivity contribution < 1.29 is 28.8 Å². The summed E-state index contributed by atoms with van der Waals surface area (Å²) in [5, 5.41) is 9.13. The van der Waals surface area contributed by atoms with E-state index in [0.29, 0.717) is 25.5 Å². The van der Waals surface area contributed by atoms with Crippen molar-refractivity contribution in [2.24, 2.45) is 0 Å². The number of unbranched alkanes of at least 4 members (excludes halogenated alkanes) is 2. The molecular formula is C28H43NO6. The molecule has 1 heterocycles. The number of aliphatic hydroxyl groups is 1. The van der Waals surface area contributed by atoms with Gasteiger partial charge in [0, 0.05) is 32.0 Å². The molecule has 0 aromatic heterocycles. The summed E-state index contributed by atoms with van der Waals surface area (Å²) in [6.45, 7) is 5.92. The van der Waals surface area contributed by atoms with Gasteiger partial charge in [-0.15, -0.1) is 0 Å². The van der Waals surface area contributed by atoms with Crippen molar-refractivity contribution in [2.45, 2.75) is 88.9 Å². The predicted octanol–water partition coefficient (Wildman–Crippen LogP) is 5.21. The van der Waals surface area contributed by atoms with Crippen molar-refractivity contribution in [3.63, 3.8) is 0 Å². The number of methoxy groups -OCH3 is 2. The third kappa shape index (κ3) is 8.73. The average molecular weight is 490 g/mol. The number of carbonyl (C=O) groups excluding carboxylic acids is 1. The van der Waals surface area contributed by atoms with Gasteiger partial charge in [0.15, 0.2) is 11.5 Å². The minimum absolute atomic E-state index is 0.0194. The van der Waals surface area contributed by atoms with Crippen LogP contribution in [0.3, 0.4) is 0 Å². The standard InChI is InChI=1S/C28H43NO6/c1-21(30)9-5-4-6-12-28(31)35-23-15-17-29(20-23)24-10-7-8-11-25(24)34-18-16-22-13-14-26(32-2)27(19-22)33-3/h13-14,19,23-25,30H,1,4-12,15-18,20H2,2-3H3/t23-,24-,25-/m1/s1. The summed E-state index contributed by atoms with van der Waals surface area (Å²) in [4.78, 5) is 14.7. The van der Waals surface area contributed by atoms with Crippen LogP contribution in [0.1, 0.15) is 69.8 Å². The van der Waals surface area contributed by atoms with Crippen molar-refractivity contribution in [3.8, 4) is 11.5 Å². The van der Waals surface area contributed by atoms with Crippen LogP contribution in [-0.4, -0.2) is 68.1 Å². The van der Waals surface area contributed by atoms with E-state index in [1.165, 1.54) is 18.4 Å². The number of likely N-dealkylation sites (tertiary alicyclic amines) is 1. The molecule has 0 spiro atoms. The second-order valence-electron chi connectivity index (χ2n) is 9.72. The van der Waals surface area contributed by atoms with E-state index < -0.39 is 0 Å². The molecule has 7 heteroatoms. The highest BCUT2D eigenvalue weighted by molar-refractivity contribution is 5.69. The summed E-state index contributed by atoms with van der Waals surface area (Å²) < 4.78 is 22.9. The second-order valence-corrected chi connectivity index (χ2v) is 9.72. The summed E-state index contributed by atoms with van der Waals surface area (Å²) >= 11 is 0. The molecular weight excluding hydrogens is 446 g/mol. The molecule has 1 aromatic rings. The summed E-state index contributed by atoms with van der Waals surface area (Å²) in [5.74, 6) is 1.59. The van der Waals surface area contributed by atoms with Crippen LogP contribution >= 0.6 is 0 Å². The van der Waals surface area contributed by atoms with Gasteiger partial charge in [-0.1, -0.05) is 31.9 Å². The van der Waals surface area contributed by atoms with E-state index in [-0.39, 0.29) is 23.9 Å². The van der Waals surface area contributed by atoms with E-state index in [2.05, 4.69) is 17.5 Å². The third-order valence-electron chi connectivity index (χ3n) is 7.13. The number of ether oxygens (including phenoxy) is 4. The molecule has 3 atom stereocenters. The van der Waals surface area contributed by atoms with Crippen LogP contribution in [0, 0.1) is 0 Å². The third-order valence-corrected chi connectivity index (χ3v) is 7.13. The topological polar surface area (TPSA) is 77.5 Å². The molecule has 35 heavy (non-hydrogen) atoms. The number of aliphatic hydroxyl groups excluding tert-OH is 1. The van der Waals surface area contributed by atoms with E-state index in [0.717, 1.165) is 69.5 Å². The Kier molecular flexibility index (Phi) is 11.2. The maximum Gasteiger partial charge on any atom is 0.306 e. The van der Waals surface area contributed by atoms with Gasteiger partial charge in [-0.05, 0) is 56.2 Å². The van der Waals surface area contributed by atoms with Crippen LogP contribution < -0.4 is 9.47 Å². The maximum absolute atomic E-state index is 12.3. The van der Waals surface area contributed by atoms with Gasteiger partial charge in [0.05, 0.1) is 32.7 Å². The molecule has 196 valence electrons. The first-order valence-electron chi connectivity index (χ1n) is 13.1. The first-order valence-corrected chi connectivity index (χ1v) is 13.1. The molecule has 1 aliphatic carbocycles. The lowest BCUT2D eigenvalue weighted by Gasteiger charge is -2.37. The second kappa shape index (κ2) is 14.3. The fourth-order valence-electron chi connectivity index (χ4n) is 5.23. The van der Waals surface area contributed by atoms with Crippen LogP contribution in [0.4, 0.5) is 0 Å². The molecule has 1 aromatic carbocycles. The van der Waals surface area contributed by atoms with Gasteiger partial charge in [0.25, 0.3) is 0 Å². The fourth-order valence-corrected chi connectivity index (χ4v) is 5.23. The van der Waals surface area contributed by atoms with Gasteiger partial charge in [0.1, 0.15) is 6.10 Å². The molecule has 0 unspecified atom stereocenters. The molecule has 2 fully saturated rings. The zero-order chi connectivity index (χ0) is 25.0. The van der Waals surface area contributed by atoms with Gasteiger partial charge in [-0.25, -0.2) is 0 Å². The Bertz CT molecular complexity index is 813. The van der Waals surface area contributed by atoms with Crippen molar-refractivity contribution in [3.05, 3.63) is 36.1 Å². The van der Waals surface area contributed by atoms with E-state index in [9.17, 15) is 4.79 Å². The van der Waals surface area contributed by atoms with Crippen molar-refractivity contribution in [1.29, 1.82) is 0 Å². The normalized spacial score (nSPS) is 22.6. The average Bonchev–Trinajstić information content (AvgIpc) is 3.32. The summed E-state index contributed by atoms with van der Waals surface area (Å²) in [5.41, 5.74) is 1.17. The first kappa shape index (κ1) is 27.3. The smallest absolute Gasteiger partial charge is 0.306 e. The molecule has 7 nitrogen and oxygen atoms in total. The number of hydrogen-bond acceptors (Lipinski definition) is 7. The van der Waals surface area contributed by atoms with Crippen LogP contribution in [0.5, 0.6) is 11.5 Å². The maximum atomic E-state index is 12.3. The van der Waals surface area contributed by atoms with Gasteiger partial charge in [-0.2, -0.15) is 0 Å². The molecule has 1 aliphatic heterocycles. The van der Waals surface area contributed by atoms with Gasteiger partial charge >= 0.3 is 5.97 Å². The molecule has 0 amide bonds. The first-order chi connectivity index (χ1) is 17.0. The highest BCUT2D eigenvalue weighted by Gasteiger charge is 2.36. The Balaban J connectivity index is 1.41. The minimum atomic E-state index is -0.106. The molecule has 3 rings (SSSR count). The molecule has 0 radical (unpaired) electrons. The minimum Gasteiger partial charge on any atom is -0.513 e. The highest BCUT2D eigenvalue weighted by Crippen LogP contribution is 2.30. The monoisotopic (exact) mass is 489 g/mol. The lowest BCUT2D eigenvalue weighted by Crippen LogP contribution is -2.46.